The molecule has 0 bridgehead atoms. The van der Waals surface area contributed by atoms with Crippen LogP contribution >= 0.6 is 0 Å². The van der Waals surface area contributed by atoms with Crippen molar-refractivity contribution >= 4 is 11.0 Å². The van der Waals surface area contributed by atoms with E-state index in [0.29, 0.717) is 36.8 Å². The lowest BCUT2D eigenvalue weighted by atomic mass is 10.1. The van der Waals surface area contributed by atoms with Gasteiger partial charge in [0.25, 0.3) is 0 Å². The Morgan fingerprint density at radius 1 is 1.03 bits per heavy atom. The fourth-order valence-corrected chi connectivity index (χ4v) is 3.28. The first-order valence-electron chi connectivity index (χ1n) is 9.93. The van der Waals surface area contributed by atoms with Gasteiger partial charge in [0.15, 0.2) is 11.6 Å². The smallest absolute Gasteiger partial charge is 0.167 e. The van der Waals surface area contributed by atoms with E-state index in [1.165, 1.54) is 6.07 Å². The molecule has 2 aromatic carbocycles. The average Bonchev–Trinajstić information content (AvgIpc) is 3.10. The molecule has 2 aromatic heterocycles. The van der Waals surface area contributed by atoms with Crippen molar-refractivity contribution in [2.24, 2.45) is 0 Å². The van der Waals surface area contributed by atoms with E-state index in [1.807, 2.05) is 43.5 Å². The van der Waals surface area contributed by atoms with Gasteiger partial charge in [-0.3, -0.25) is 4.98 Å². The number of nitrogens with zero attached hydrogens (tertiary/aromatic N) is 1. The van der Waals surface area contributed by atoms with Crippen LogP contribution in [0.4, 0.5) is 8.78 Å². The van der Waals surface area contributed by atoms with E-state index in [9.17, 15) is 8.78 Å². The average molecular weight is 424 g/mol. The van der Waals surface area contributed by atoms with Gasteiger partial charge in [0.1, 0.15) is 36.1 Å². The molecule has 5 nitrogen and oxygen atoms in total. The normalized spacial score (nSPS) is 11.1. The van der Waals surface area contributed by atoms with Crippen molar-refractivity contribution in [3.63, 3.8) is 0 Å². The molecule has 31 heavy (non-hydrogen) atoms. The highest BCUT2D eigenvalue weighted by molar-refractivity contribution is 5.88. The lowest BCUT2D eigenvalue weighted by Crippen LogP contribution is -2.20. The summed E-state index contributed by atoms with van der Waals surface area (Å²) >= 11 is 0. The number of aromatic nitrogens is 1. The predicted molar refractivity (Wildman–Crippen MR) is 113 cm³/mol. The summed E-state index contributed by atoms with van der Waals surface area (Å²) in [5.74, 6) is -0.166. The summed E-state index contributed by atoms with van der Waals surface area (Å²) in [6, 6.07) is 12.7. The van der Waals surface area contributed by atoms with Gasteiger partial charge in [-0.05, 0) is 42.8 Å². The van der Waals surface area contributed by atoms with E-state index in [2.05, 4.69) is 10.3 Å². The Morgan fingerprint density at radius 3 is 2.74 bits per heavy atom. The minimum absolute atomic E-state index is 0.0230. The van der Waals surface area contributed by atoms with Gasteiger partial charge in [-0.15, -0.1) is 0 Å². The molecule has 0 aliphatic rings. The number of hydrogen-bond acceptors (Lipinski definition) is 5. The van der Waals surface area contributed by atoms with Crippen LogP contribution in [0.1, 0.15) is 16.9 Å². The van der Waals surface area contributed by atoms with Crippen LogP contribution < -0.4 is 14.8 Å². The molecule has 2 heterocycles. The second-order valence-electron chi connectivity index (χ2n) is 7.03. The van der Waals surface area contributed by atoms with Crippen LogP contribution in [-0.2, 0) is 13.2 Å². The molecule has 4 rings (SSSR count). The van der Waals surface area contributed by atoms with Crippen LogP contribution in [0.15, 0.2) is 65.3 Å². The molecule has 0 amide bonds. The highest BCUT2D eigenvalue weighted by Crippen LogP contribution is 2.34. The maximum Gasteiger partial charge on any atom is 0.167 e. The molecule has 0 radical (unpaired) electrons. The first-order chi connectivity index (χ1) is 15.1. The number of pyridine rings is 1. The van der Waals surface area contributed by atoms with Gasteiger partial charge in [-0.2, -0.15) is 0 Å². The molecule has 1 N–H and O–H groups in total. The number of rotatable bonds is 9. The number of halogens is 2. The summed E-state index contributed by atoms with van der Waals surface area (Å²) in [4.78, 5) is 4.09. The lowest BCUT2D eigenvalue weighted by Gasteiger charge is -2.09. The third-order valence-electron chi connectivity index (χ3n) is 4.86. The zero-order valence-corrected chi connectivity index (χ0v) is 17.0. The Bertz CT molecular complexity index is 1160. The Morgan fingerprint density at radius 2 is 1.94 bits per heavy atom. The Hall–Kier alpha value is -3.45. The summed E-state index contributed by atoms with van der Waals surface area (Å²) in [5, 5.41) is 4.17. The molecule has 0 fully saturated rings. The topological polar surface area (TPSA) is 56.5 Å². The number of furan rings is 1. The summed E-state index contributed by atoms with van der Waals surface area (Å²) in [7, 11) is 0. The van der Waals surface area contributed by atoms with Crippen molar-refractivity contribution in [2.45, 2.75) is 20.1 Å². The molecule has 0 unspecified atom stereocenters. The maximum atomic E-state index is 13.8. The highest BCUT2D eigenvalue weighted by atomic mass is 19.1. The van der Waals surface area contributed by atoms with Crippen LogP contribution in [0.3, 0.4) is 0 Å². The molecule has 7 heteroatoms. The van der Waals surface area contributed by atoms with E-state index < -0.39 is 11.6 Å². The van der Waals surface area contributed by atoms with E-state index in [1.54, 1.807) is 6.20 Å². The van der Waals surface area contributed by atoms with Crippen LogP contribution in [-0.4, -0.2) is 18.1 Å². The van der Waals surface area contributed by atoms with Gasteiger partial charge in [0.05, 0.1) is 5.39 Å². The zero-order valence-electron chi connectivity index (χ0n) is 17.0. The van der Waals surface area contributed by atoms with E-state index in [4.69, 9.17) is 13.9 Å². The van der Waals surface area contributed by atoms with Crippen molar-refractivity contribution in [1.82, 2.24) is 10.3 Å². The first-order valence-corrected chi connectivity index (χ1v) is 9.93. The third kappa shape index (κ3) is 5.00. The van der Waals surface area contributed by atoms with E-state index in [0.717, 1.165) is 28.6 Å². The molecule has 0 saturated carbocycles. The summed E-state index contributed by atoms with van der Waals surface area (Å²) in [6.45, 7) is 3.79. The fraction of sp³-hybridized carbons (Fsp3) is 0.208. The molecular weight excluding hydrogens is 402 g/mol. The predicted octanol–water partition coefficient (Wildman–Crippen LogP) is 5.16. The number of aryl methyl sites for hydroxylation is 1. The second-order valence-corrected chi connectivity index (χ2v) is 7.03. The molecule has 0 atom stereocenters. The number of hydrogen-bond donors (Lipinski definition) is 1. The maximum absolute atomic E-state index is 13.8. The van der Waals surface area contributed by atoms with Crippen LogP contribution in [0.2, 0.25) is 0 Å². The standard InChI is InChI=1S/C24H22F2N2O3/c1-16-23(15-30-20-8-7-18(25)12-19(20)26)31-22-6-2-5-21(24(16)22)29-11-10-28-14-17-4-3-9-27-13-17/h2-9,12-13,28H,10-11,14-15H2,1H3. The summed E-state index contributed by atoms with van der Waals surface area (Å²) in [5.41, 5.74) is 2.63. The van der Waals surface area contributed by atoms with Gasteiger partial charge in [-0.1, -0.05) is 12.1 Å². The Kier molecular flexibility index (Phi) is 6.43. The van der Waals surface area contributed by atoms with E-state index >= 15 is 0 Å². The van der Waals surface area contributed by atoms with Crippen molar-refractivity contribution in [3.05, 3.63) is 89.4 Å². The van der Waals surface area contributed by atoms with Gasteiger partial charge >= 0.3 is 0 Å². The molecule has 160 valence electrons. The zero-order chi connectivity index (χ0) is 21.6. The quantitative estimate of drug-likeness (QED) is 0.376. The van der Waals surface area contributed by atoms with Gasteiger partial charge < -0.3 is 19.2 Å². The van der Waals surface area contributed by atoms with E-state index in [-0.39, 0.29) is 12.4 Å². The molecular formula is C24H22F2N2O3. The van der Waals surface area contributed by atoms with Crippen molar-refractivity contribution in [3.8, 4) is 11.5 Å². The Balaban J connectivity index is 1.39. The van der Waals surface area contributed by atoms with Crippen molar-refractivity contribution in [1.29, 1.82) is 0 Å². The van der Waals surface area contributed by atoms with Gasteiger partial charge in [-0.25, -0.2) is 8.78 Å². The third-order valence-corrected chi connectivity index (χ3v) is 4.86. The second kappa shape index (κ2) is 9.57. The lowest BCUT2D eigenvalue weighted by molar-refractivity contribution is 0.260. The molecule has 0 aliphatic carbocycles. The van der Waals surface area contributed by atoms with Gasteiger partial charge in [0.2, 0.25) is 0 Å². The van der Waals surface area contributed by atoms with Crippen molar-refractivity contribution < 1.29 is 22.7 Å². The van der Waals surface area contributed by atoms with Gasteiger partial charge in [0, 0.05) is 37.1 Å². The number of fused-ring (bicyclic) bond motifs is 1. The molecule has 0 aliphatic heterocycles. The van der Waals surface area contributed by atoms with Crippen LogP contribution in [0.25, 0.3) is 11.0 Å². The fourth-order valence-electron chi connectivity index (χ4n) is 3.28. The first kappa shape index (κ1) is 20.8. The molecule has 0 spiro atoms. The summed E-state index contributed by atoms with van der Waals surface area (Å²) < 4.78 is 44.2. The number of benzene rings is 2. The molecule has 4 aromatic rings. The Labute approximate surface area is 178 Å². The highest BCUT2D eigenvalue weighted by Gasteiger charge is 2.16. The minimum Gasteiger partial charge on any atom is -0.491 e. The number of nitrogens with one attached hydrogen (secondary N) is 1. The SMILES string of the molecule is Cc1c(COc2ccc(F)cc2F)oc2cccc(OCCNCc3cccnc3)c12. The van der Waals surface area contributed by atoms with Crippen molar-refractivity contribution in [2.75, 3.05) is 13.2 Å². The molecule has 0 saturated heterocycles. The monoisotopic (exact) mass is 424 g/mol. The summed E-state index contributed by atoms with van der Waals surface area (Å²) in [6.07, 6.45) is 3.57. The largest absolute Gasteiger partial charge is 0.491 e. The minimum atomic E-state index is -0.753. The number of ether oxygens (including phenoxy) is 2. The van der Waals surface area contributed by atoms with Crippen LogP contribution in [0, 0.1) is 18.6 Å². The van der Waals surface area contributed by atoms with Crippen LogP contribution in [0.5, 0.6) is 11.5 Å².